The molecule has 2 N–H and O–H groups in total. The number of nitrogens with one attached hydrogen (secondary N) is 1. The number of carbonyl (C=O) groups is 1. The number of benzene rings is 1. The fourth-order valence-corrected chi connectivity index (χ4v) is 1.86. The first-order chi connectivity index (χ1) is 10.1. The van der Waals surface area contributed by atoms with Crippen LogP contribution in [0.15, 0.2) is 36.5 Å². The lowest BCUT2D eigenvalue weighted by Crippen LogP contribution is -2.13. The van der Waals surface area contributed by atoms with E-state index in [4.69, 9.17) is 5.11 Å². The largest absolute Gasteiger partial charge is 0.384 e. The molecule has 0 unspecified atom stereocenters. The smallest absolute Gasteiger partial charge is 0.256 e. The van der Waals surface area contributed by atoms with E-state index >= 15 is 0 Å². The van der Waals surface area contributed by atoms with Gasteiger partial charge in [0, 0.05) is 17.3 Å². The molecule has 0 aliphatic rings. The van der Waals surface area contributed by atoms with Crippen molar-refractivity contribution >= 4 is 11.7 Å². The summed E-state index contributed by atoms with van der Waals surface area (Å²) in [5.74, 6) is 5.66. The molecule has 1 amide bonds. The van der Waals surface area contributed by atoms with Crippen molar-refractivity contribution < 1.29 is 9.90 Å². The first-order valence-electron chi connectivity index (χ1n) is 6.54. The lowest BCUT2D eigenvalue weighted by atomic mass is 10.1. The zero-order valence-electron chi connectivity index (χ0n) is 12.0. The van der Waals surface area contributed by atoms with Gasteiger partial charge in [0.15, 0.2) is 0 Å². The van der Waals surface area contributed by atoms with Crippen LogP contribution in [0.3, 0.4) is 0 Å². The summed E-state index contributed by atoms with van der Waals surface area (Å²) in [5.41, 5.74) is 3.18. The van der Waals surface area contributed by atoms with E-state index in [0.29, 0.717) is 16.9 Å². The Hall–Kier alpha value is -2.64. The molecular formula is C17H16N2O2. The Labute approximate surface area is 123 Å². The molecule has 1 heterocycles. The van der Waals surface area contributed by atoms with Crippen molar-refractivity contribution in [2.24, 2.45) is 0 Å². The summed E-state index contributed by atoms with van der Waals surface area (Å²) in [5, 5.41) is 11.5. The Bertz CT molecular complexity index is 710. The number of amides is 1. The van der Waals surface area contributed by atoms with Gasteiger partial charge < -0.3 is 10.4 Å². The molecular weight excluding hydrogens is 264 g/mol. The standard InChI is InChI=1S/C17H16N2O2/c1-12-5-6-16(18-11-12)19-17(21)15-9-13(2)8-14(10-15)4-3-7-20/h5-6,8-11,20H,7H2,1-2H3,(H,18,19,21). The highest BCUT2D eigenvalue weighted by atomic mass is 16.2. The fraction of sp³-hybridized carbons (Fsp3) is 0.176. The minimum absolute atomic E-state index is 0.206. The third kappa shape index (κ3) is 4.16. The van der Waals surface area contributed by atoms with Gasteiger partial charge in [-0.05, 0) is 49.2 Å². The van der Waals surface area contributed by atoms with E-state index in [1.165, 1.54) is 0 Å². The SMILES string of the molecule is Cc1ccc(NC(=O)c2cc(C)cc(C#CCO)c2)nc1. The predicted molar refractivity (Wildman–Crippen MR) is 82.1 cm³/mol. The Morgan fingerprint density at radius 1 is 1.24 bits per heavy atom. The molecule has 0 bridgehead atoms. The maximum absolute atomic E-state index is 12.2. The van der Waals surface area contributed by atoms with E-state index in [2.05, 4.69) is 22.1 Å². The zero-order valence-corrected chi connectivity index (χ0v) is 12.0. The second-order valence-electron chi connectivity index (χ2n) is 4.72. The Kier molecular flexibility index (Phi) is 4.70. The number of pyridine rings is 1. The molecule has 0 aliphatic carbocycles. The van der Waals surface area contributed by atoms with E-state index in [0.717, 1.165) is 11.1 Å². The summed E-state index contributed by atoms with van der Waals surface area (Å²) in [6.07, 6.45) is 1.70. The minimum Gasteiger partial charge on any atom is -0.384 e. The van der Waals surface area contributed by atoms with Crippen LogP contribution in [0.5, 0.6) is 0 Å². The number of anilines is 1. The van der Waals surface area contributed by atoms with Gasteiger partial charge >= 0.3 is 0 Å². The summed E-state index contributed by atoms with van der Waals surface area (Å²) in [4.78, 5) is 16.4. The fourth-order valence-electron chi connectivity index (χ4n) is 1.86. The van der Waals surface area contributed by atoms with E-state index in [1.54, 1.807) is 24.4 Å². The maximum Gasteiger partial charge on any atom is 0.256 e. The monoisotopic (exact) mass is 280 g/mol. The molecule has 0 saturated carbocycles. The van der Waals surface area contributed by atoms with Crippen LogP contribution in [-0.4, -0.2) is 22.6 Å². The average molecular weight is 280 g/mol. The molecule has 0 radical (unpaired) electrons. The van der Waals surface area contributed by atoms with Crippen LogP contribution < -0.4 is 5.32 Å². The number of aromatic nitrogens is 1. The van der Waals surface area contributed by atoms with Gasteiger partial charge in [-0.15, -0.1) is 0 Å². The normalized spacial score (nSPS) is 9.67. The van der Waals surface area contributed by atoms with Gasteiger partial charge in [0.2, 0.25) is 0 Å². The molecule has 4 nitrogen and oxygen atoms in total. The minimum atomic E-state index is -0.234. The number of hydrogen-bond donors (Lipinski definition) is 2. The molecule has 1 aromatic carbocycles. The van der Waals surface area contributed by atoms with Crippen molar-refractivity contribution in [1.82, 2.24) is 4.98 Å². The highest BCUT2D eigenvalue weighted by molar-refractivity contribution is 6.04. The number of aryl methyl sites for hydroxylation is 2. The van der Waals surface area contributed by atoms with Gasteiger partial charge in [0.05, 0.1) is 0 Å². The topological polar surface area (TPSA) is 62.2 Å². The Balaban J connectivity index is 2.22. The van der Waals surface area contributed by atoms with Crippen LogP contribution in [0, 0.1) is 25.7 Å². The van der Waals surface area contributed by atoms with Gasteiger partial charge in [0.1, 0.15) is 12.4 Å². The molecule has 4 heteroatoms. The summed E-state index contributed by atoms with van der Waals surface area (Å²) < 4.78 is 0. The molecule has 0 atom stereocenters. The summed E-state index contributed by atoms with van der Waals surface area (Å²) >= 11 is 0. The number of aliphatic hydroxyl groups is 1. The number of hydrogen-bond acceptors (Lipinski definition) is 3. The highest BCUT2D eigenvalue weighted by Gasteiger charge is 2.08. The second kappa shape index (κ2) is 6.69. The zero-order chi connectivity index (χ0) is 15.2. The number of nitrogens with zero attached hydrogens (tertiary/aromatic N) is 1. The summed E-state index contributed by atoms with van der Waals surface area (Å²) in [7, 11) is 0. The van der Waals surface area contributed by atoms with Crippen LogP contribution in [0.2, 0.25) is 0 Å². The van der Waals surface area contributed by atoms with Gasteiger partial charge in [-0.1, -0.05) is 17.9 Å². The Morgan fingerprint density at radius 3 is 2.71 bits per heavy atom. The van der Waals surface area contributed by atoms with E-state index in [-0.39, 0.29) is 12.5 Å². The molecule has 0 spiro atoms. The molecule has 0 aliphatic heterocycles. The third-order valence-electron chi connectivity index (χ3n) is 2.80. The molecule has 2 rings (SSSR count). The van der Waals surface area contributed by atoms with Crippen LogP contribution in [0.1, 0.15) is 27.0 Å². The highest BCUT2D eigenvalue weighted by Crippen LogP contribution is 2.12. The van der Waals surface area contributed by atoms with Crippen molar-refractivity contribution in [2.75, 3.05) is 11.9 Å². The second-order valence-corrected chi connectivity index (χ2v) is 4.72. The van der Waals surface area contributed by atoms with E-state index in [1.807, 2.05) is 26.0 Å². The van der Waals surface area contributed by atoms with Crippen LogP contribution in [0.4, 0.5) is 5.82 Å². The van der Waals surface area contributed by atoms with Crippen molar-refractivity contribution in [3.05, 3.63) is 58.8 Å². The van der Waals surface area contributed by atoms with Gasteiger partial charge in [-0.25, -0.2) is 4.98 Å². The lowest BCUT2D eigenvalue weighted by molar-refractivity contribution is 0.102. The van der Waals surface area contributed by atoms with Crippen molar-refractivity contribution in [3.63, 3.8) is 0 Å². The number of carbonyl (C=O) groups excluding carboxylic acids is 1. The van der Waals surface area contributed by atoms with Crippen molar-refractivity contribution in [3.8, 4) is 11.8 Å². The molecule has 1 aromatic heterocycles. The quantitative estimate of drug-likeness (QED) is 0.830. The molecule has 21 heavy (non-hydrogen) atoms. The van der Waals surface area contributed by atoms with E-state index < -0.39 is 0 Å². The number of rotatable bonds is 2. The van der Waals surface area contributed by atoms with Crippen molar-refractivity contribution in [1.29, 1.82) is 0 Å². The van der Waals surface area contributed by atoms with Gasteiger partial charge in [-0.2, -0.15) is 0 Å². The van der Waals surface area contributed by atoms with Crippen LogP contribution >= 0.6 is 0 Å². The predicted octanol–water partition coefficient (Wildman–Crippen LogP) is 2.29. The van der Waals surface area contributed by atoms with Crippen molar-refractivity contribution in [2.45, 2.75) is 13.8 Å². The Morgan fingerprint density at radius 2 is 2.05 bits per heavy atom. The summed E-state index contributed by atoms with van der Waals surface area (Å²) in [6.45, 7) is 3.62. The average Bonchev–Trinajstić information content (AvgIpc) is 2.47. The van der Waals surface area contributed by atoms with Crippen LogP contribution in [-0.2, 0) is 0 Å². The summed E-state index contributed by atoms with van der Waals surface area (Å²) in [6, 6.07) is 8.99. The van der Waals surface area contributed by atoms with Gasteiger partial charge in [0.25, 0.3) is 5.91 Å². The maximum atomic E-state index is 12.2. The van der Waals surface area contributed by atoms with Gasteiger partial charge in [-0.3, -0.25) is 4.79 Å². The molecule has 0 fully saturated rings. The molecule has 0 saturated heterocycles. The van der Waals surface area contributed by atoms with E-state index in [9.17, 15) is 4.79 Å². The first-order valence-corrected chi connectivity index (χ1v) is 6.54. The number of aliphatic hydroxyl groups excluding tert-OH is 1. The molecule has 2 aromatic rings. The van der Waals surface area contributed by atoms with Crippen LogP contribution in [0.25, 0.3) is 0 Å². The third-order valence-corrected chi connectivity index (χ3v) is 2.80. The first kappa shape index (κ1) is 14.8. The lowest BCUT2D eigenvalue weighted by Gasteiger charge is -2.06. The molecule has 106 valence electrons.